The number of thioether (sulfide) groups is 1. The van der Waals surface area contributed by atoms with Crippen molar-refractivity contribution in [1.82, 2.24) is 10.2 Å². The predicted molar refractivity (Wildman–Crippen MR) is 107 cm³/mol. The van der Waals surface area contributed by atoms with E-state index in [0.29, 0.717) is 29.6 Å². The number of rotatable bonds is 6. The summed E-state index contributed by atoms with van der Waals surface area (Å²) >= 11 is 3.11. The van der Waals surface area contributed by atoms with Crippen molar-refractivity contribution in [1.29, 1.82) is 0 Å². The molecule has 0 spiro atoms. The Balaban J connectivity index is 1.53. The molecule has 1 aliphatic rings. The maximum atomic E-state index is 12.7. The van der Waals surface area contributed by atoms with E-state index in [0.717, 1.165) is 39.6 Å². The molecule has 0 saturated carbocycles. The topological polar surface area (TPSA) is 65.2 Å². The second kappa shape index (κ2) is 8.27. The fourth-order valence-corrected chi connectivity index (χ4v) is 4.99. The second-order valence-electron chi connectivity index (χ2n) is 6.53. The molecule has 7 heteroatoms. The molecule has 27 heavy (non-hydrogen) atoms. The number of aryl methyl sites for hydroxylation is 1. The average Bonchev–Trinajstić information content (AvgIpc) is 3.28. The second-order valence-corrected chi connectivity index (χ2v) is 8.93. The standard InChI is InChI=1S/C20H20N2O3S2/c1-13-21-22-20(27-13)26-12-16-15-9-5-6-10-17(15)25-18(16)19(23)24-11-14-7-3-2-4-8-14/h2-3,5-6,9-10,14H,4,7-8,11-12H2,1H3. The molecule has 140 valence electrons. The molecular formula is C20H20N2O3S2. The lowest BCUT2D eigenvalue weighted by atomic mass is 9.95. The van der Waals surface area contributed by atoms with Crippen LogP contribution in [0.1, 0.15) is 40.4 Å². The summed E-state index contributed by atoms with van der Waals surface area (Å²) in [4.78, 5) is 12.7. The molecule has 0 aliphatic heterocycles. The molecule has 0 saturated heterocycles. The van der Waals surface area contributed by atoms with Crippen molar-refractivity contribution >= 4 is 40.0 Å². The van der Waals surface area contributed by atoms with Crippen LogP contribution in [-0.2, 0) is 10.5 Å². The van der Waals surface area contributed by atoms with Gasteiger partial charge in [-0.3, -0.25) is 0 Å². The Hall–Kier alpha value is -2.12. The van der Waals surface area contributed by atoms with E-state index in [9.17, 15) is 4.79 Å². The van der Waals surface area contributed by atoms with Crippen molar-refractivity contribution in [2.45, 2.75) is 36.3 Å². The van der Waals surface area contributed by atoms with Crippen molar-refractivity contribution in [2.24, 2.45) is 5.92 Å². The first-order valence-electron chi connectivity index (χ1n) is 8.96. The molecule has 1 aliphatic carbocycles. The van der Waals surface area contributed by atoms with E-state index in [4.69, 9.17) is 9.15 Å². The van der Waals surface area contributed by atoms with Crippen LogP contribution >= 0.6 is 23.1 Å². The number of benzene rings is 1. The third kappa shape index (κ3) is 4.25. The third-order valence-electron chi connectivity index (χ3n) is 4.56. The van der Waals surface area contributed by atoms with Crippen LogP contribution in [0.3, 0.4) is 0 Å². The summed E-state index contributed by atoms with van der Waals surface area (Å²) in [5.74, 6) is 0.897. The monoisotopic (exact) mass is 400 g/mol. The van der Waals surface area contributed by atoms with Crippen LogP contribution in [0.4, 0.5) is 0 Å². The first-order chi connectivity index (χ1) is 13.2. The van der Waals surface area contributed by atoms with Crippen LogP contribution in [0.25, 0.3) is 11.0 Å². The zero-order chi connectivity index (χ0) is 18.6. The van der Waals surface area contributed by atoms with Gasteiger partial charge in [0, 0.05) is 16.7 Å². The summed E-state index contributed by atoms with van der Waals surface area (Å²) in [5.41, 5.74) is 1.56. The number of hydrogen-bond donors (Lipinski definition) is 0. The number of carbonyl (C=O) groups excluding carboxylic acids is 1. The van der Waals surface area contributed by atoms with Crippen LogP contribution in [0.15, 0.2) is 45.2 Å². The number of nitrogens with zero attached hydrogens (tertiary/aromatic N) is 2. The normalized spacial score (nSPS) is 16.7. The molecule has 2 aromatic heterocycles. The summed E-state index contributed by atoms with van der Waals surface area (Å²) in [6.45, 7) is 2.36. The Morgan fingerprint density at radius 3 is 3.00 bits per heavy atom. The van der Waals surface area contributed by atoms with Crippen molar-refractivity contribution in [2.75, 3.05) is 6.61 Å². The molecule has 5 nitrogen and oxygen atoms in total. The minimum atomic E-state index is -0.384. The fraction of sp³-hybridized carbons (Fsp3) is 0.350. The SMILES string of the molecule is Cc1nnc(SCc2c(C(=O)OCC3CC=CCC3)oc3ccccc23)s1. The highest BCUT2D eigenvalue weighted by molar-refractivity contribution is 8.00. The van der Waals surface area contributed by atoms with Crippen molar-refractivity contribution in [3.63, 3.8) is 0 Å². The summed E-state index contributed by atoms with van der Waals surface area (Å²) in [6, 6.07) is 7.70. The van der Waals surface area contributed by atoms with E-state index < -0.39 is 0 Å². The molecule has 2 heterocycles. The predicted octanol–water partition coefficient (Wildman–Crippen LogP) is 5.40. The van der Waals surface area contributed by atoms with Gasteiger partial charge >= 0.3 is 5.97 Å². The van der Waals surface area contributed by atoms with Crippen LogP contribution in [0, 0.1) is 12.8 Å². The zero-order valence-corrected chi connectivity index (χ0v) is 16.6. The van der Waals surface area contributed by atoms with Crippen LogP contribution in [0.5, 0.6) is 0 Å². The lowest BCUT2D eigenvalue weighted by molar-refractivity contribution is 0.0397. The first-order valence-corrected chi connectivity index (χ1v) is 10.8. The van der Waals surface area contributed by atoms with Gasteiger partial charge in [-0.05, 0) is 38.2 Å². The van der Waals surface area contributed by atoms with E-state index in [1.807, 2.05) is 31.2 Å². The van der Waals surface area contributed by atoms with Gasteiger partial charge in [0.2, 0.25) is 5.76 Å². The molecule has 1 atom stereocenters. The van der Waals surface area contributed by atoms with Gasteiger partial charge in [0.25, 0.3) is 0 Å². The van der Waals surface area contributed by atoms with Gasteiger partial charge in [-0.15, -0.1) is 10.2 Å². The summed E-state index contributed by atoms with van der Waals surface area (Å²) < 4.78 is 12.3. The summed E-state index contributed by atoms with van der Waals surface area (Å²) in [7, 11) is 0. The number of carbonyl (C=O) groups is 1. The van der Waals surface area contributed by atoms with Gasteiger partial charge in [0.15, 0.2) is 4.34 Å². The first kappa shape index (κ1) is 18.3. The van der Waals surface area contributed by atoms with Gasteiger partial charge in [-0.25, -0.2) is 4.79 Å². The number of fused-ring (bicyclic) bond motifs is 1. The van der Waals surface area contributed by atoms with E-state index in [1.165, 1.54) is 0 Å². The number of aromatic nitrogens is 2. The number of esters is 1. The van der Waals surface area contributed by atoms with Crippen LogP contribution in [0.2, 0.25) is 0 Å². The number of allylic oxidation sites excluding steroid dienone is 2. The largest absolute Gasteiger partial charge is 0.460 e. The highest BCUT2D eigenvalue weighted by Gasteiger charge is 2.23. The van der Waals surface area contributed by atoms with Gasteiger partial charge in [0.1, 0.15) is 10.6 Å². The number of para-hydroxylation sites is 1. The molecule has 1 unspecified atom stereocenters. The molecule has 0 bridgehead atoms. The molecule has 3 aromatic rings. The van der Waals surface area contributed by atoms with Crippen LogP contribution in [-0.4, -0.2) is 22.8 Å². The summed E-state index contributed by atoms with van der Waals surface area (Å²) in [6.07, 6.45) is 7.42. The number of ether oxygens (including phenoxy) is 1. The Bertz CT molecular complexity index is 977. The third-order valence-corrected chi connectivity index (χ3v) is 6.56. The Morgan fingerprint density at radius 1 is 1.33 bits per heavy atom. The average molecular weight is 401 g/mol. The summed E-state index contributed by atoms with van der Waals surface area (Å²) in [5, 5.41) is 10.1. The maximum Gasteiger partial charge on any atom is 0.374 e. The van der Waals surface area contributed by atoms with Crippen molar-refractivity contribution in [3.05, 3.63) is 52.7 Å². The molecule has 0 radical (unpaired) electrons. The maximum absolute atomic E-state index is 12.7. The van der Waals surface area contributed by atoms with Crippen molar-refractivity contribution < 1.29 is 13.9 Å². The number of furan rings is 1. The molecule has 0 N–H and O–H groups in total. The Kier molecular flexibility index (Phi) is 5.59. The molecule has 0 fully saturated rings. The van der Waals surface area contributed by atoms with E-state index in [-0.39, 0.29) is 5.97 Å². The minimum Gasteiger partial charge on any atom is -0.460 e. The van der Waals surface area contributed by atoms with Gasteiger partial charge in [-0.2, -0.15) is 0 Å². The molecule has 0 amide bonds. The lowest BCUT2D eigenvalue weighted by Crippen LogP contribution is -2.15. The Morgan fingerprint density at radius 2 is 2.22 bits per heavy atom. The highest BCUT2D eigenvalue weighted by atomic mass is 32.2. The smallest absolute Gasteiger partial charge is 0.374 e. The van der Waals surface area contributed by atoms with Gasteiger partial charge < -0.3 is 9.15 Å². The zero-order valence-electron chi connectivity index (χ0n) is 15.0. The van der Waals surface area contributed by atoms with E-state index in [1.54, 1.807) is 23.1 Å². The minimum absolute atomic E-state index is 0.302. The number of hydrogen-bond acceptors (Lipinski definition) is 7. The quantitative estimate of drug-likeness (QED) is 0.314. The Labute approximate surface area is 165 Å². The highest BCUT2D eigenvalue weighted by Crippen LogP contribution is 2.33. The molecular weight excluding hydrogens is 380 g/mol. The molecule has 1 aromatic carbocycles. The fourth-order valence-electron chi connectivity index (χ4n) is 3.14. The van der Waals surface area contributed by atoms with Crippen LogP contribution < -0.4 is 0 Å². The lowest BCUT2D eigenvalue weighted by Gasteiger charge is -2.17. The van der Waals surface area contributed by atoms with Gasteiger partial charge in [-0.1, -0.05) is 53.4 Å². The van der Waals surface area contributed by atoms with E-state index >= 15 is 0 Å². The van der Waals surface area contributed by atoms with Gasteiger partial charge in [0.05, 0.1) is 6.61 Å². The van der Waals surface area contributed by atoms with E-state index in [2.05, 4.69) is 22.3 Å². The molecule has 4 rings (SSSR count). The van der Waals surface area contributed by atoms with Crippen molar-refractivity contribution in [3.8, 4) is 0 Å².